The fourth-order valence-corrected chi connectivity index (χ4v) is 2.55. The van der Waals surface area contributed by atoms with Gasteiger partial charge in [0.2, 0.25) is 5.91 Å². The Labute approximate surface area is 123 Å². The van der Waals surface area contributed by atoms with Crippen LogP contribution < -0.4 is 11.1 Å². The molecule has 0 bridgehead atoms. The summed E-state index contributed by atoms with van der Waals surface area (Å²) >= 11 is 1.52. The molecule has 0 aromatic heterocycles. The lowest BCUT2D eigenvalue weighted by Crippen LogP contribution is -2.22. The molecule has 3 N–H and O–H groups in total. The van der Waals surface area contributed by atoms with E-state index in [4.69, 9.17) is 5.73 Å². The number of carbonyl (C=O) groups excluding carboxylic acids is 1. The monoisotopic (exact) mass is 286 g/mol. The second-order valence-corrected chi connectivity index (χ2v) is 6.10. The van der Waals surface area contributed by atoms with Crippen LogP contribution >= 0.6 is 11.8 Å². The highest BCUT2D eigenvalue weighted by Gasteiger charge is 2.14. The molecule has 0 aliphatic heterocycles. The van der Waals surface area contributed by atoms with Gasteiger partial charge < -0.3 is 11.1 Å². The van der Waals surface area contributed by atoms with Crippen molar-refractivity contribution in [3.8, 4) is 0 Å². The van der Waals surface area contributed by atoms with Crippen molar-refractivity contribution in [2.45, 2.75) is 24.0 Å². The summed E-state index contributed by atoms with van der Waals surface area (Å²) in [7, 11) is 0. The molecule has 104 valence electrons. The third kappa shape index (κ3) is 4.03. The third-order valence-corrected chi connectivity index (χ3v) is 3.99. The molecule has 2 aromatic rings. The van der Waals surface area contributed by atoms with E-state index in [0.29, 0.717) is 0 Å². The summed E-state index contributed by atoms with van der Waals surface area (Å²) in [5, 5.41) is 2.75. The normalized spacial score (nSPS) is 11.9. The zero-order chi connectivity index (χ0) is 14.5. The lowest BCUT2D eigenvalue weighted by atomic mass is 10.2. The maximum atomic E-state index is 12.1. The van der Waals surface area contributed by atoms with Crippen molar-refractivity contribution >= 4 is 29.0 Å². The van der Waals surface area contributed by atoms with Crippen LogP contribution in [0.2, 0.25) is 0 Å². The van der Waals surface area contributed by atoms with Crippen molar-refractivity contribution in [2.24, 2.45) is 0 Å². The van der Waals surface area contributed by atoms with Gasteiger partial charge in [0.05, 0.1) is 5.25 Å². The standard InChI is InChI=1S/C16H18N2OS/c1-11-3-7-14(8-4-11)18-16(19)12(2)20-15-9-5-13(17)6-10-15/h3-10,12H,17H2,1-2H3,(H,18,19)/t12-/m1/s1. The van der Waals surface area contributed by atoms with Crippen LogP contribution in [0.1, 0.15) is 12.5 Å². The van der Waals surface area contributed by atoms with Gasteiger partial charge in [-0.2, -0.15) is 0 Å². The summed E-state index contributed by atoms with van der Waals surface area (Å²) in [6, 6.07) is 15.3. The van der Waals surface area contributed by atoms with Crippen LogP contribution in [0, 0.1) is 6.92 Å². The number of rotatable bonds is 4. The van der Waals surface area contributed by atoms with Crippen LogP contribution in [-0.2, 0) is 4.79 Å². The molecule has 4 heteroatoms. The Morgan fingerprint density at radius 3 is 2.30 bits per heavy atom. The van der Waals surface area contributed by atoms with Crippen molar-refractivity contribution in [2.75, 3.05) is 11.1 Å². The Morgan fingerprint density at radius 1 is 1.10 bits per heavy atom. The van der Waals surface area contributed by atoms with E-state index in [-0.39, 0.29) is 11.2 Å². The molecule has 2 aromatic carbocycles. The number of hydrogen-bond acceptors (Lipinski definition) is 3. The van der Waals surface area contributed by atoms with Crippen molar-refractivity contribution in [1.82, 2.24) is 0 Å². The number of amides is 1. The first-order valence-electron chi connectivity index (χ1n) is 6.44. The number of carbonyl (C=O) groups is 1. The number of hydrogen-bond donors (Lipinski definition) is 2. The number of nitrogens with one attached hydrogen (secondary N) is 1. The highest BCUT2D eigenvalue weighted by molar-refractivity contribution is 8.00. The number of aryl methyl sites for hydroxylation is 1. The zero-order valence-corrected chi connectivity index (χ0v) is 12.4. The maximum absolute atomic E-state index is 12.1. The molecule has 0 aliphatic carbocycles. The van der Waals surface area contributed by atoms with E-state index in [1.54, 1.807) is 0 Å². The van der Waals surface area contributed by atoms with Gasteiger partial charge in [0.15, 0.2) is 0 Å². The minimum atomic E-state index is -0.167. The zero-order valence-electron chi connectivity index (χ0n) is 11.6. The summed E-state index contributed by atoms with van der Waals surface area (Å²) in [6.45, 7) is 3.91. The van der Waals surface area contributed by atoms with E-state index >= 15 is 0 Å². The second-order valence-electron chi connectivity index (χ2n) is 4.68. The average Bonchev–Trinajstić information content (AvgIpc) is 2.44. The molecule has 0 unspecified atom stereocenters. The summed E-state index contributed by atoms with van der Waals surface area (Å²) in [5.41, 5.74) is 8.37. The van der Waals surface area contributed by atoms with Gasteiger partial charge in [-0.05, 0) is 50.2 Å². The first-order chi connectivity index (χ1) is 9.54. The molecule has 0 fully saturated rings. The summed E-state index contributed by atoms with van der Waals surface area (Å²) in [5.74, 6) is -0.00400. The Morgan fingerprint density at radius 2 is 1.70 bits per heavy atom. The van der Waals surface area contributed by atoms with Gasteiger partial charge in [-0.15, -0.1) is 11.8 Å². The van der Waals surface area contributed by atoms with E-state index in [1.807, 2.05) is 62.4 Å². The largest absolute Gasteiger partial charge is 0.399 e. The Hall–Kier alpha value is -1.94. The number of anilines is 2. The lowest BCUT2D eigenvalue weighted by Gasteiger charge is -2.12. The predicted molar refractivity (Wildman–Crippen MR) is 86.0 cm³/mol. The Balaban J connectivity index is 1.94. The molecule has 0 radical (unpaired) electrons. The van der Waals surface area contributed by atoms with Gasteiger partial charge in [0.1, 0.15) is 0 Å². The van der Waals surface area contributed by atoms with Crippen molar-refractivity contribution in [1.29, 1.82) is 0 Å². The van der Waals surface area contributed by atoms with Gasteiger partial charge in [-0.1, -0.05) is 17.7 Å². The number of thioether (sulfide) groups is 1. The number of nitrogen functional groups attached to an aromatic ring is 1. The predicted octanol–water partition coefficient (Wildman–Crippen LogP) is 3.70. The van der Waals surface area contributed by atoms with E-state index in [0.717, 1.165) is 16.3 Å². The first kappa shape index (κ1) is 14.5. The third-order valence-electron chi connectivity index (χ3n) is 2.88. The van der Waals surface area contributed by atoms with E-state index in [2.05, 4.69) is 5.32 Å². The highest BCUT2D eigenvalue weighted by Crippen LogP contribution is 2.25. The smallest absolute Gasteiger partial charge is 0.237 e. The SMILES string of the molecule is Cc1ccc(NC(=O)[C@@H](C)Sc2ccc(N)cc2)cc1. The summed E-state index contributed by atoms with van der Waals surface area (Å²) in [4.78, 5) is 13.1. The molecule has 0 saturated carbocycles. The number of nitrogens with two attached hydrogens (primary N) is 1. The van der Waals surface area contributed by atoms with Crippen LogP contribution in [0.3, 0.4) is 0 Å². The van der Waals surface area contributed by atoms with Crippen LogP contribution in [0.25, 0.3) is 0 Å². The Bertz CT molecular complexity index is 578. The number of benzene rings is 2. The fourth-order valence-electron chi connectivity index (χ4n) is 1.68. The quantitative estimate of drug-likeness (QED) is 0.665. The van der Waals surface area contributed by atoms with Crippen LogP contribution in [0.15, 0.2) is 53.4 Å². The molecule has 1 atom stereocenters. The lowest BCUT2D eigenvalue weighted by molar-refractivity contribution is -0.115. The van der Waals surface area contributed by atoms with Gasteiger partial charge in [-0.25, -0.2) is 0 Å². The van der Waals surface area contributed by atoms with Crippen LogP contribution in [0.4, 0.5) is 11.4 Å². The average molecular weight is 286 g/mol. The molecule has 1 amide bonds. The topological polar surface area (TPSA) is 55.1 Å². The molecular formula is C16H18N2OS. The molecule has 2 rings (SSSR count). The minimum absolute atomic E-state index is 0.00400. The minimum Gasteiger partial charge on any atom is -0.399 e. The molecular weight excluding hydrogens is 268 g/mol. The Kier molecular flexibility index (Phi) is 4.69. The fraction of sp³-hybridized carbons (Fsp3) is 0.188. The van der Waals surface area contributed by atoms with Gasteiger partial charge in [0.25, 0.3) is 0 Å². The van der Waals surface area contributed by atoms with Gasteiger partial charge in [-0.3, -0.25) is 4.79 Å². The van der Waals surface area contributed by atoms with Crippen LogP contribution in [0.5, 0.6) is 0 Å². The van der Waals surface area contributed by atoms with E-state index < -0.39 is 0 Å². The second kappa shape index (κ2) is 6.48. The van der Waals surface area contributed by atoms with Crippen LogP contribution in [-0.4, -0.2) is 11.2 Å². The molecule has 0 saturated heterocycles. The molecule has 3 nitrogen and oxygen atoms in total. The maximum Gasteiger partial charge on any atom is 0.237 e. The molecule has 0 heterocycles. The molecule has 20 heavy (non-hydrogen) atoms. The first-order valence-corrected chi connectivity index (χ1v) is 7.32. The molecule has 0 aliphatic rings. The highest BCUT2D eigenvalue weighted by atomic mass is 32.2. The van der Waals surface area contributed by atoms with Gasteiger partial charge >= 0.3 is 0 Å². The van der Waals surface area contributed by atoms with Crippen molar-refractivity contribution in [3.63, 3.8) is 0 Å². The summed E-state index contributed by atoms with van der Waals surface area (Å²) < 4.78 is 0. The van der Waals surface area contributed by atoms with E-state index in [1.165, 1.54) is 17.3 Å². The summed E-state index contributed by atoms with van der Waals surface area (Å²) in [6.07, 6.45) is 0. The van der Waals surface area contributed by atoms with E-state index in [9.17, 15) is 4.79 Å². The van der Waals surface area contributed by atoms with Crippen molar-refractivity contribution in [3.05, 3.63) is 54.1 Å². The van der Waals surface area contributed by atoms with Gasteiger partial charge in [0, 0.05) is 16.3 Å². The molecule has 0 spiro atoms. The van der Waals surface area contributed by atoms with Crippen molar-refractivity contribution < 1.29 is 4.79 Å².